The average molecular weight is 1450 g/mol. The van der Waals surface area contributed by atoms with Crippen molar-refractivity contribution in [2.45, 2.75) is 422 Å². The first-order valence-electron chi connectivity index (χ1n) is 42.4. The van der Waals surface area contributed by atoms with Gasteiger partial charge < -0.3 is 24.3 Å². The van der Waals surface area contributed by atoms with Crippen molar-refractivity contribution in [1.82, 2.24) is 5.32 Å². The molecule has 6 fully saturated rings. The number of ether oxygens (including phenoxy) is 4. The van der Waals surface area contributed by atoms with Crippen LogP contribution in [0.5, 0.6) is 0 Å². The first-order valence-corrected chi connectivity index (χ1v) is 46.6. The van der Waals surface area contributed by atoms with Gasteiger partial charge in [0.25, 0.3) is 0 Å². The van der Waals surface area contributed by atoms with E-state index in [9.17, 15) is 0 Å². The van der Waals surface area contributed by atoms with Crippen LogP contribution in [0.2, 0.25) is 0 Å². The number of thioether (sulfide) groups is 4. The maximum Gasteiger partial charge on any atom is 0.0863 e. The Labute approximate surface area is 634 Å². The number of hydrogen-bond donors (Lipinski definition) is 1. The second kappa shape index (κ2) is 92.3. The summed E-state index contributed by atoms with van der Waals surface area (Å²) in [7, 11) is 0. The Morgan fingerprint density at radius 3 is 0.792 bits per heavy atom. The molecule has 12 unspecified atom stereocenters. The summed E-state index contributed by atoms with van der Waals surface area (Å²) in [5.41, 5.74) is 0. The summed E-state index contributed by atoms with van der Waals surface area (Å²) in [6.07, 6.45) is 9.89. The fourth-order valence-corrected chi connectivity index (χ4v) is 18.7. The SMILES string of the molecule is CC.CC.CC.CC.CC.CC.CC.CC.CC.CC.CC.CC.CC(C)C1CCCNC1C(C)C.CC(C)C1CCCOC1C(C)C.CC(C)C1CCCSC1C(C)C.CC(C)C1OCCOC1C(C)C.CC(C)C1OCCSC1C(C)C.CC(C)C1SCCSC1C(C)C. The summed E-state index contributed by atoms with van der Waals surface area (Å²) < 4.78 is 23.0. The minimum absolute atomic E-state index is 0.291. The molecule has 96 heavy (non-hydrogen) atoms. The minimum Gasteiger partial charge on any atom is -0.378 e. The van der Waals surface area contributed by atoms with Gasteiger partial charge in [-0.05, 0) is 140 Å². The van der Waals surface area contributed by atoms with E-state index in [0.717, 1.165) is 113 Å². The van der Waals surface area contributed by atoms with Gasteiger partial charge in [-0.1, -0.05) is 332 Å². The largest absolute Gasteiger partial charge is 0.378 e. The molecular formula is C87H199NO4S4. The third kappa shape index (κ3) is 63.7. The molecule has 0 spiro atoms. The highest BCUT2D eigenvalue weighted by molar-refractivity contribution is 8.07. The molecule has 6 aliphatic rings. The number of rotatable bonds is 12. The Hall–Kier alpha value is 1.20. The number of nitrogens with one attached hydrogen (secondary N) is 1. The van der Waals surface area contributed by atoms with E-state index in [0.29, 0.717) is 53.3 Å². The quantitative estimate of drug-likeness (QED) is 0.206. The van der Waals surface area contributed by atoms with Crippen LogP contribution in [0, 0.1) is 88.8 Å². The maximum atomic E-state index is 5.81. The summed E-state index contributed by atoms with van der Waals surface area (Å²) >= 11 is 8.66. The van der Waals surface area contributed by atoms with Gasteiger partial charge >= 0.3 is 0 Å². The van der Waals surface area contributed by atoms with Crippen molar-refractivity contribution in [3.8, 4) is 0 Å². The Morgan fingerprint density at radius 2 is 0.521 bits per heavy atom. The van der Waals surface area contributed by atoms with E-state index in [1.165, 1.54) is 68.1 Å². The molecule has 0 bridgehead atoms. The molecule has 6 heterocycles. The lowest BCUT2D eigenvalue weighted by atomic mass is 9.78. The number of piperidine rings is 1. The zero-order valence-electron chi connectivity index (χ0n) is 76.2. The molecule has 0 saturated carbocycles. The van der Waals surface area contributed by atoms with E-state index in [1.54, 1.807) is 0 Å². The van der Waals surface area contributed by atoms with Crippen LogP contribution in [-0.4, -0.2) is 107 Å². The highest BCUT2D eigenvalue weighted by Gasteiger charge is 2.35. The van der Waals surface area contributed by atoms with Gasteiger partial charge in [-0.15, -0.1) is 0 Å². The Balaban J connectivity index is -0.0000000827. The van der Waals surface area contributed by atoms with Crippen LogP contribution in [0.4, 0.5) is 0 Å². The molecule has 0 radical (unpaired) electrons. The van der Waals surface area contributed by atoms with Crippen molar-refractivity contribution >= 4 is 47.0 Å². The number of hydrogen-bond acceptors (Lipinski definition) is 9. The zero-order chi connectivity index (χ0) is 78.8. The van der Waals surface area contributed by atoms with Gasteiger partial charge in [0.2, 0.25) is 0 Å². The molecule has 6 rings (SSSR count). The third-order valence-electron chi connectivity index (χ3n) is 16.0. The monoisotopic (exact) mass is 1450 g/mol. The average Bonchev–Trinajstić information content (AvgIpc) is 1.30. The van der Waals surface area contributed by atoms with E-state index < -0.39 is 0 Å². The fourth-order valence-electron chi connectivity index (χ4n) is 12.0. The van der Waals surface area contributed by atoms with Crippen molar-refractivity contribution in [3.63, 3.8) is 0 Å². The molecule has 6 saturated heterocycles. The summed E-state index contributed by atoms with van der Waals surface area (Å²) in [4.78, 5) is 0. The smallest absolute Gasteiger partial charge is 0.0863 e. The molecule has 0 amide bonds. The van der Waals surface area contributed by atoms with Crippen LogP contribution in [0.15, 0.2) is 0 Å². The van der Waals surface area contributed by atoms with Crippen LogP contribution < -0.4 is 5.32 Å². The molecule has 0 aromatic rings. The van der Waals surface area contributed by atoms with E-state index in [4.69, 9.17) is 18.9 Å². The predicted molar refractivity (Wildman–Crippen MR) is 468 cm³/mol. The molecule has 1 N–H and O–H groups in total. The minimum atomic E-state index is 0.291. The van der Waals surface area contributed by atoms with Gasteiger partial charge in [0, 0.05) is 50.9 Å². The van der Waals surface area contributed by atoms with Crippen LogP contribution in [0.25, 0.3) is 0 Å². The van der Waals surface area contributed by atoms with Crippen molar-refractivity contribution in [3.05, 3.63) is 0 Å². The molecule has 600 valence electrons. The van der Waals surface area contributed by atoms with Gasteiger partial charge in [-0.3, -0.25) is 0 Å². The van der Waals surface area contributed by atoms with Crippen molar-refractivity contribution in [2.24, 2.45) is 88.8 Å². The first-order chi connectivity index (χ1) is 45.8. The Kier molecular flexibility index (Phi) is 119. The lowest BCUT2D eigenvalue weighted by Gasteiger charge is -2.37. The van der Waals surface area contributed by atoms with E-state index in [2.05, 4.69) is 219 Å². The summed E-state index contributed by atoms with van der Waals surface area (Å²) in [6.45, 7) is 108. The summed E-state index contributed by atoms with van der Waals surface area (Å²) in [6, 6.07) is 0.763. The van der Waals surface area contributed by atoms with Crippen molar-refractivity contribution in [1.29, 1.82) is 0 Å². The second-order valence-corrected chi connectivity index (χ2v) is 31.7. The van der Waals surface area contributed by atoms with Gasteiger partial charge in [0.1, 0.15) is 0 Å². The van der Waals surface area contributed by atoms with E-state index in [1.807, 2.05) is 166 Å². The van der Waals surface area contributed by atoms with E-state index in [-0.39, 0.29) is 0 Å². The lowest BCUT2D eigenvalue weighted by Crippen LogP contribution is -2.46. The molecule has 6 aliphatic heterocycles. The Bertz CT molecular complexity index is 952. The van der Waals surface area contributed by atoms with Gasteiger partial charge in [-0.2, -0.15) is 47.0 Å². The zero-order valence-corrected chi connectivity index (χ0v) is 79.5. The maximum absolute atomic E-state index is 5.81. The molecule has 9 heteroatoms. The topological polar surface area (TPSA) is 49.0 Å². The molecule has 0 aromatic carbocycles. The van der Waals surface area contributed by atoms with Crippen LogP contribution in [0.3, 0.4) is 0 Å². The fraction of sp³-hybridized carbons (Fsp3) is 1.00. The summed E-state index contributed by atoms with van der Waals surface area (Å²) in [5, 5.41) is 7.07. The summed E-state index contributed by atoms with van der Waals surface area (Å²) in [5.74, 6) is 17.0. The Morgan fingerprint density at radius 1 is 0.229 bits per heavy atom. The highest BCUT2D eigenvalue weighted by atomic mass is 32.2. The molecule has 0 aliphatic carbocycles. The highest BCUT2D eigenvalue weighted by Crippen LogP contribution is 2.41. The van der Waals surface area contributed by atoms with Crippen LogP contribution >= 0.6 is 47.0 Å². The van der Waals surface area contributed by atoms with Crippen molar-refractivity contribution in [2.75, 3.05) is 56.0 Å². The third-order valence-corrected chi connectivity index (χ3v) is 23.2. The molecular weight excluding hydrogens is 1250 g/mol. The first kappa shape index (κ1) is 124. The molecule has 5 nitrogen and oxygen atoms in total. The van der Waals surface area contributed by atoms with Crippen LogP contribution in [-0.2, 0) is 18.9 Å². The predicted octanol–water partition coefficient (Wildman–Crippen LogP) is 30.3. The second-order valence-electron chi connectivity index (χ2n) is 26.5. The van der Waals surface area contributed by atoms with Crippen molar-refractivity contribution < 1.29 is 18.9 Å². The molecule has 0 aromatic heterocycles. The van der Waals surface area contributed by atoms with Gasteiger partial charge in [-0.25, -0.2) is 0 Å². The van der Waals surface area contributed by atoms with E-state index >= 15 is 0 Å². The van der Waals surface area contributed by atoms with Gasteiger partial charge in [0.05, 0.1) is 44.2 Å². The molecule has 12 atom stereocenters. The van der Waals surface area contributed by atoms with Crippen LogP contribution in [0.1, 0.15) is 371 Å². The van der Waals surface area contributed by atoms with Gasteiger partial charge in [0.15, 0.2) is 0 Å². The lowest BCUT2D eigenvalue weighted by molar-refractivity contribution is -0.169. The normalized spacial score (nSPS) is 24.4. The standard InChI is InChI=1S/C11H23N.C11H22O.C11H22S.C10H20O2.C10H20OS.C10H20S2.12C2H6/c3*1-8(2)10-6-5-7-12-11(10)9(3)4;3*1-7(2)9-10(8(3)4)12-6-5-11-9;12*1-2/h8-12H,5-7H2,1-4H3;2*8-11H,5-7H2,1-4H3;3*7-10H,5-6H2,1-4H3;12*1-2H3.